The van der Waals surface area contributed by atoms with Gasteiger partial charge in [-0.3, -0.25) is 9.59 Å². The van der Waals surface area contributed by atoms with Crippen LogP contribution in [0.25, 0.3) is 0 Å². The van der Waals surface area contributed by atoms with E-state index in [9.17, 15) is 30.0 Å². The highest BCUT2D eigenvalue weighted by atomic mass is 16.6. The first-order valence-corrected chi connectivity index (χ1v) is 12.2. The summed E-state index contributed by atoms with van der Waals surface area (Å²) in [6.07, 6.45) is 4.99. The summed E-state index contributed by atoms with van der Waals surface area (Å²) >= 11 is 0. The van der Waals surface area contributed by atoms with Crippen LogP contribution in [-0.4, -0.2) is 61.7 Å². The Hall–Kier alpha value is -1.54. The fourth-order valence-corrected chi connectivity index (χ4v) is 7.43. The van der Waals surface area contributed by atoms with Crippen molar-refractivity contribution >= 4 is 11.8 Å². The zero-order chi connectivity index (χ0) is 24.6. The Bertz CT molecular complexity index is 920. The highest BCUT2D eigenvalue weighted by molar-refractivity contribution is 6.04. The third kappa shape index (κ3) is 3.01. The predicted molar refractivity (Wildman–Crippen MR) is 121 cm³/mol. The number of hydrogen-bond acceptors (Lipinski definition) is 7. The van der Waals surface area contributed by atoms with Crippen LogP contribution >= 0.6 is 0 Å². The van der Waals surface area contributed by atoms with E-state index < -0.39 is 57.8 Å². The smallest absolute Gasteiger partial charge is 0.306 e. The van der Waals surface area contributed by atoms with Gasteiger partial charge in [0.1, 0.15) is 11.2 Å². The summed E-state index contributed by atoms with van der Waals surface area (Å²) < 4.78 is 6.04. The van der Waals surface area contributed by atoms with Crippen LogP contribution < -0.4 is 0 Å². The van der Waals surface area contributed by atoms with Crippen LogP contribution in [0.4, 0.5) is 0 Å². The number of rotatable bonds is 6. The number of ether oxygens (including phenoxy) is 1. The molecule has 4 rings (SSSR count). The summed E-state index contributed by atoms with van der Waals surface area (Å²) in [6.45, 7) is 8.84. The fraction of sp³-hybridized carbons (Fsp3) is 0.769. The van der Waals surface area contributed by atoms with Gasteiger partial charge in [-0.05, 0) is 24.5 Å². The van der Waals surface area contributed by atoms with Gasteiger partial charge < -0.3 is 25.2 Å². The molecular formula is C26H38O7. The fourth-order valence-electron chi connectivity index (χ4n) is 7.43. The molecular weight excluding hydrogens is 424 g/mol. The minimum Gasteiger partial charge on any atom is -0.455 e. The van der Waals surface area contributed by atoms with Crippen LogP contribution in [0.2, 0.25) is 0 Å². The molecule has 2 fully saturated rings. The topological polar surface area (TPSA) is 124 Å². The van der Waals surface area contributed by atoms with Crippen molar-refractivity contribution in [3.8, 4) is 0 Å². The molecule has 0 aromatic rings. The third-order valence-electron chi connectivity index (χ3n) is 9.26. The number of Topliss-reactive ketones (excluding diaryl/α,β-unsaturated/α-hetero) is 1. The van der Waals surface area contributed by atoms with Crippen molar-refractivity contribution in [3.05, 3.63) is 23.3 Å². The molecule has 4 aliphatic rings. The molecule has 7 nitrogen and oxygen atoms in total. The molecule has 8 atom stereocenters. The molecule has 2 saturated carbocycles. The summed E-state index contributed by atoms with van der Waals surface area (Å²) in [5.74, 6) is -3.61. The van der Waals surface area contributed by atoms with E-state index in [1.165, 1.54) is 0 Å². The quantitative estimate of drug-likeness (QED) is 0.271. The van der Waals surface area contributed by atoms with E-state index in [1.54, 1.807) is 26.0 Å². The zero-order valence-electron chi connectivity index (χ0n) is 20.3. The van der Waals surface area contributed by atoms with Gasteiger partial charge in [0.15, 0.2) is 5.78 Å². The highest BCUT2D eigenvalue weighted by Gasteiger charge is 2.86. The van der Waals surface area contributed by atoms with Crippen molar-refractivity contribution in [2.24, 2.45) is 29.1 Å². The first-order chi connectivity index (χ1) is 15.3. The van der Waals surface area contributed by atoms with Crippen LogP contribution in [0.5, 0.6) is 0 Å². The standard InChI is InChI=1S/C26H38O7/c1-6-7-8-9-19(28)33-26-20(23(26,4)5)17-11-16(13-27)12-24(31)18(10-14(2)21(24)29)25(17,32)15(3)22(26)30/h10-11,15,17-18,20,22,27,30-32H,6-9,12-13H2,1-5H3/t15-,17+,18-,20?,22-,24-,25-,26-/m1/s1. The van der Waals surface area contributed by atoms with Crippen LogP contribution in [0.3, 0.4) is 0 Å². The largest absolute Gasteiger partial charge is 0.455 e. The van der Waals surface area contributed by atoms with E-state index in [4.69, 9.17) is 4.74 Å². The van der Waals surface area contributed by atoms with E-state index in [-0.39, 0.29) is 25.4 Å². The van der Waals surface area contributed by atoms with Gasteiger partial charge in [0.05, 0.1) is 18.3 Å². The average molecular weight is 463 g/mol. The molecule has 184 valence electrons. The number of esters is 1. The maximum absolute atomic E-state index is 13.0. The maximum Gasteiger partial charge on any atom is 0.306 e. The van der Waals surface area contributed by atoms with Gasteiger partial charge in [0.2, 0.25) is 0 Å². The number of ketones is 1. The minimum absolute atomic E-state index is 0.0839. The number of unbranched alkanes of at least 4 members (excludes halogenated alkanes) is 2. The van der Waals surface area contributed by atoms with Crippen LogP contribution in [0.1, 0.15) is 66.7 Å². The van der Waals surface area contributed by atoms with Crippen molar-refractivity contribution in [3.63, 3.8) is 0 Å². The van der Waals surface area contributed by atoms with Crippen molar-refractivity contribution in [2.45, 2.75) is 89.6 Å². The molecule has 4 aliphatic carbocycles. The number of hydrogen-bond donors (Lipinski definition) is 4. The second-order valence-electron chi connectivity index (χ2n) is 11.3. The first kappa shape index (κ1) is 24.6. The molecule has 0 radical (unpaired) electrons. The summed E-state index contributed by atoms with van der Waals surface area (Å²) in [4.78, 5) is 25.7. The highest BCUT2D eigenvalue weighted by Crippen LogP contribution is 2.76. The Morgan fingerprint density at radius 3 is 2.48 bits per heavy atom. The lowest BCUT2D eigenvalue weighted by atomic mass is 9.59. The number of carbonyl (C=O) groups is 2. The normalized spacial score (nSPS) is 45.2. The SMILES string of the molecule is CCCCCC(=O)O[C@]12C([C@@H]3C=C(CO)C[C@]4(O)C(=O)C(C)=C[C@H]4[C@@]3(O)[C@H](C)[C@H]1O)C2(C)C. The lowest BCUT2D eigenvalue weighted by Crippen LogP contribution is -2.65. The Labute approximate surface area is 195 Å². The number of fused-ring (bicyclic) bond motifs is 5. The van der Waals surface area contributed by atoms with Gasteiger partial charge in [-0.1, -0.05) is 52.7 Å². The van der Waals surface area contributed by atoms with Crippen molar-refractivity contribution < 1.29 is 34.8 Å². The molecule has 0 spiro atoms. The Kier molecular flexibility index (Phi) is 5.76. The summed E-state index contributed by atoms with van der Waals surface area (Å²) in [7, 11) is 0. The average Bonchev–Trinajstić information content (AvgIpc) is 3.18. The number of aliphatic hydroxyl groups is 4. The molecule has 0 saturated heterocycles. The molecule has 0 aliphatic heterocycles. The second-order valence-corrected chi connectivity index (χ2v) is 11.3. The van der Waals surface area contributed by atoms with Crippen molar-refractivity contribution in [1.29, 1.82) is 0 Å². The molecule has 0 bridgehead atoms. The zero-order valence-corrected chi connectivity index (χ0v) is 20.3. The molecule has 0 aromatic carbocycles. The van der Waals surface area contributed by atoms with E-state index >= 15 is 0 Å². The Morgan fingerprint density at radius 2 is 1.88 bits per heavy atom. The Morgan fingerprint density at radius 1 is 1.21 bits per heavy atom. The molecule has 1 unspecified atom stereocenters. The van der Waals surface area contributed by atoms with Gasteiger partial charge in [-0.25, -0.2) is 0 Å². The maximum atomic E-state index is 13.0. The molecule has 4 N–H and O–H groups in total. The van der Waals surface area contributed by atoms with Gasteiger partial charge in [-0.15, -0.1) is 0 Å². The van der Waals surface area contributed by atoms with Crippen molar-refractivity contribution in [2.75, 3.05) is 6.61 Å². The lowest BCUT2D eigenvalue weighted by molar-refractivity contribution is -0.219. The molecule has 0 aromatic heterocycles. The molecule has 33 heavy (non-hydrogen) atoms. The lowest BCUT2D eigenvalue weighted by Gasteiger charge is -2.52. The minimum atomic E-state index is -1.88. The van der Waals surface area contributed by atoms with E-state index in [0.29, 0.717) is 17.6 Å². The van der Waals surface area contributed by atoms with Gasteiger partial charge in [-0.2, -0.15) is 0 Å². The van der Waals surface area contributed by atoms with Gasteiger partial charge in [0, 0.05) is 41.9 Å². The number of carbonyl (C=O) groups excluding carboxylic acids is 2. The summed E-state index contributed by atoms with van der Waals surface area (Å²) in [5, 5.41) is 45.4. The monoisotopic (exact) mass is 462 g/mol. The summed E-state index contributed by atoms with van der Waals surface area (Å²) in [6, 6.07) is 0. The van der Waals surface area contributed by atoms with Crippen LogP contribution in [0.15, 0.2) is 23.3 Å². The van der Waals surface area contributed by atoms with E-state index in [0.717, 1.165) is 12.8 Å². The molecule has 0 amide bonds. The molecule has 7 heteroatoms. The van der Waals surface area contributed by atoms with Gasteiger partial charge in [0.25, 0.3) is 0 Å². The third-order valence-corrected chi connectivity index (χ3v) is 9.26. The Balaban J connectivity index is 1.79. The first-order valence-electron chi connectivity index (χ1n) is 12.2. The number of aliphatic hydroxyl groups excluding tert-OH is 2. The van der Waals surface area contributed by atoms with Crippen LogP contribution in [-0.2, 0) is 14.3 Å². The van der Waals surface area contributed by atoms with E-state index in [1.807, 2.05) is 13.8 Å². The van der Waals surface area contributed by atoms with Crippen molar-refractivity contribution in [1.82, 2.24) is 0 Å². The van der Waals surface area contributed by atoms with E-state index in [2.05, 4.69) is 6.92 Å². The van der Waals surface area contributed by atoms with Gasteiger partial charge >= 0.3 is 5.97 Å². The van der Waals surface area contributed by atoms with Crippen LogP contribution in [0, 0.1) is 29.1 Å². The molecule has 0 heterocycles. The second kappa shape index (κ2) is 7.74. The summed E-state index contributed by atoms with van der Waals surface area (Å²) in [5.41, 5.74) is -4.52. The predicted octanol–water partition coefficient (Wildman–Crippen LogP) is 2.06.